The summed E-state index contributed by atoms with van der Waals surface area (Å²) in [7, 11) is 0. The van der Waals surface area contributed by atoms with Gasteiger partial charge in [-0.15, -0.1) is 0 Å². The van der Waals surface area contributed by atoms with Crippen molar-refractivity contribution in [1.82, 2.24) is 20.3 Å². The van der Waals surface area contributed by atoms with Crippen LogP contribution in [0.4, 0.5) is 17.3 Å². The van der Waals surface area contributed by atoms with Crippen LogP contribution >= 0.6 is 0 Å². The number of pyridine rings is 1. The average molecular weight is 513 g/mol. The number of aromatic nitrogens is 3. The van der Waals surface area contributed by atoms with E-state index in [0.29, 0.717) is 30.6 Å². The van der Waals surface area contributed by atoms with E-state index >= 15 is 0 Å². The normalized spacial score (nSPS) is 13.8. The first-order valence-corrected chi connectivity index (χ1v) is 12.7. The van der Waals surface area contributed by atoms with Gasteiger partial charge in [0, 0.05) is 29.6 Å². The first kappa shape index (κ1) is 25.4. The molecule has 0 bridgehead atoms. The van der Waals surface area contributed by atoms with Gasteiger partial charge < -0.3 is 25.0 Å². The minimum Gasteiger partial charge on any atom is -0.484 e. The van der Waals surface area contributed by atoms with Crippen LogP contribution in [0.5, 0.6) is 5.75 Å². The molecule has 4 aromatic rings. The third-order valence-electron chi connectivity index (χ3n) is 5.93. The Morgan fingerprint density at radius 1 is 1.03 bits per heavy atom. The van der Waals surface area contributed by atoms with Crippen LogP contribution in [0.3, 0.4) is 0 Å². The number of para-hydroxylation sites is 1. The number of benzene rings is 2. The molecule has 3 heterocycles. The van der Waals surface area contributed by atoms with Crippen molar-refractivity contribution in [2.75, 3.05) is 43.1 Å². The van der Waals surface area contributed by atoms with E-state index in [1.165, 1.54) is 0 Å². The number of nitrogens with zero attached hydrogens (tertiary/aromatic N) is 4. The van der Waals surface area contributed by atoms with E-state index in [-0.39, 0.29) is 18.1 Å². The Balaban J connectivity index is 1.38. The Morgan fingerprint density at radius 2 is 1.84 bits per heavy atom. The fourth-order valence-corrected chi connectivity index (χ4v) is 4.21. The van der Waals surface area contributed by atoms with E-state index in [4.69, 9.17) is 19.4 Å². The number of amides is 1. The van der Waals surface area contributed by atoms with E-state index in [1.807, 2.05) is 87.6 Å². The van der Waals surface area contributed by atoms with Crippen molar-refractivity contribution in [3.8, 4) is 17.1 Å². The van der Waals surface area contributed by atoms with Gasteiger partial charge in [-0.05, 0) is 57.2 Å². The number of rotatable bonds is 7. The second-order valence-corrected chi connectivity index (χ2v) is 10.2. The average Bonchev–Trinajstić information content (AvgIpc) is 2.92. The van der Waals surface area contributed by atoms with Crippen molar-refractivity contribution in [3.63, 3.8) is 0 Å². The number of carbonyl (C=O) groups is 1. The molecule has 1 aliphatic rings. The lowest BCUT2D eigenvalue weighted by Gasteiger charge is -2.27. The molecule has 2 aromatic carbocycles. The standard InChI is InChI=1S/C29H32N6O3/c1-29(2,3)34-26(36)19-38-22-8-6-7-20(17-22)27-32-24-10-5-4-9-23(24)28(33-27)31-21-11-12-25(30-18-21)35-13-15-37-16-14-35/h4-12,17-18H,13-16,19H2,1-3H3,(H,34,36)(H,31,32,33). The SMILES string of the molecule is CC(C)(C)NC(=O)COc1cccc(-c2nc(Nc3ccc(N4CCOCC4)nc3)c3ccccc3n2)c1. The van der Waals surface area contributed by atoms with Crippen molar-refractivity contribution in [2.24, 2.45) is 0 Å². The maximum atomic E-state index is 12.2. The first-order chi connectivity index (χ1) is 18.3. The largest absolute Gasteiger partial charge is 0.484 e. The molecular formula is C29H32N6O3. The second-order valence-electron chi connectivity index (χ2n) is 10.2. The maximum absolute atomic E-state index is 12.2. The molecule has 2 aromatic heterocycles. The molecule has 1 amide bonds. The molecule has 0 radical (unpaired) electrons. The molecule has 1 fully saturated rings. The summed E-state index contributed by atoms with van der Waals surface area (Å²) in [6.45, 7) is 8.84. The van der Waals surface area contributed by atoms with Gasteiger partial charge in [0.15, 0.2) is 12.4 Å². The summed E-state index contributed by atoms with van der Waals surface area (Å²) in [5.74, 6) is 2.56. The van der Waals surface area contributed by atoms with Gasteiger partial charge in [-0.3, -0.25) is 4.79 Å². The Bertz CT molecular complexity index is 1410. The Labute approximate surface area is 222 Å². The third-order valence-corrected chi connectivity index (χ3v) is 5.93. The Hall–Kier alpha value is -4.24. The van der Waals surface area contributed by atoms with Gasteiger partial charge in [0.2, 0.25) is 0 Å². The highest BCUT2D eigenvalue weighted by atomic mass is 16.5. The van der Waals surface area contributed by atoms with Gasteiger partial charge >= 0.3 is 0 Å². The molecule has 196 valence electrons. The van der Waals surface area contributed by atoms with E-state index < -0.39 is 0 Å². The number of ether oxygens (including phenoxy) is 2. The minimum atomic E-state index is -0.316. The molecule has 0 aliphatic carbocycles. The lowest BCUT2D eigenvalue weighted by atomic mass is 10.1. The van der Waals surface area contributed by atoms with E-state index in [0.717, 1.165) is 41.1 Å². The molecule has 0 atom stereocenters. The molecule has 1 aliphatic heterocycles. The van der Waals surface area contributed by atoms with Crippen LogP contribution in [0, 0.1) is 0 Å². The van der Waals surface area contributed by atoms with Crippen LogP contribution in [0.25, 0.3) is 22.3 Å². The predicted octanol–water partition coefficient (Wildman–Crippen LogP) is 4.57. The zero-order valence-corrected chi connectivity index (χ0v) is 21.9. The van der Waals surface area contributed by atoms with Gasteiger partial charge in [0.05, 0.1) is 30.6 Å². The molecule has 9 nitrogen and oxygen atoms in total. The number of nitrogens with one attached hydrogen (secondary N) is 2. The third kappa shape index (κ3) is 6.36. The number of anilines is 3. The van der Waals surface area contributed by atoms with Crippen molar-refractivity contribution < 1.29 is 14.3 Å². The second kappa shape index (κ2) is 11.0. The zero-order chi connectivity index (χ0) is 26.5. The fourth-order valence-electron chi connectivity index (χ4n) is 4.21. The number of hydrogen-bond acceptors (Lipinski definition) is 8. The molecular weight excluding hydrogens is 480 g/mol. The van der Waals surface area contributed by atoms with E-state index in [9.17, 15) is 4.79 Å². The molecule has 1 saturated heterocycles. The number of morpholine rings is 1. The highest BCUT2D eigenvalue weighted by molar-refractivity contribution is 5.92. The smallest absolute Gasteiger partial charge is 0.258 e. The molecule has 5 rings (SSSR count). The predicted molar refractivity (Wildman–Crippen MR) is 149 cm³/mol. The molecule has 0 unspecified atom stereocenters. The maximum Gasteiger partial charge on any atom is 0.258 e. The summed E-state index contributed by atoms with van der Waals surface area (Å²) >= 11 is 0. The fraction of sp³-hybridized carbons (Fsp3) is 0.310. The van der Waals surface area contributed by atoms with Gasteiger partial charge in [0.25, 0.3) is 5.91 Å². The van der Waals surface area contributed by atoms with Crippen LogP contribution in [0.15, 0.2) is 66.9 Å². The monoisotopic (exact) mass is 512 g/mol. The Kier molecular flexibility index (Phi) is 7.37. The van der Waals surface area contributed by atoms with E-state index in [1.54, 1.807) is 0 Å². The van der Waals surface area contributed by atoms with Crippen LogP contribution in [-0.2, 0) is 9.53 Å². The van der Waals surface area contributed by atoms with Gasteiger partial charge in [-0.2, -0.15) is 0 Å². The molecule has 38 heavy (non-hydrogen) atoms. The molecule has 9 heteroatoms. The summed E-state index contributed by atoms with van der Waals surface area (Å²) in [5.41, 5.74) is 2.11. The molecule has 0 saturated carbocycles. The lowest BCUT2D eigenvalue weighted by molar-refractivity contribution is -0.124. The van der Waals surface area contributed by atoms with Crippen LogP contribution in [0.2, 0.25) is 0 Å². The van der Waals surface area contributed by atoms with Crippen molar-refractivity contribution in [2.45, 2.75) is 26.3 Å². The zero-order valence-electron chi connectivity index (χ0n) is 21.9. The minimum absolute atomic E-state index is 0.0699. The summed E-state index contributed by atoms with van der Waals surface area (Å²) in [6.07, 6.45) is 1.82. The van der Waals surface area contributed by atoms with Crippen molar-refractivity contribution in [3.05, 3.63) is 66.9 Å². The number of carbonyl (C=O) groups excluding carboxylic acids is 1. The van der Waals surface area contributed by atoms with Crippen LogP contribution < -0.4 is 20.3 Å². The summed E-state index contributed by atoms with van der Waals surface area (Å²) < 4.78 is 11.2. The molecule has 2 N–H and O–H groups in total. The first-order valence-electron chi connectivity index (χ1n) is 12.7. The van der Waals surface area contributed by atoms with Crippen molar-refractivity contribution in [1.29, 1.82) is 0 Å². The highest BCUT2D eigenvalue weighted by Crippen LogP contribution is 2.29. The topological polar surface area (TPSA) is 102 Å². The summed E-state index contributed by atoms with van der Waals surface area (Å²) in [5, 5.41) is 7.22. The van der Waals surface area contributed by atoms with Gasteiger partial charge in [-0.25, -0.2) is 15.0 Å². The number of fused-ring (bicyclic) bond motifs is 1. The van der Waals surface area contributed by atoms with Crippen LogP contribution in [0.1, 0.15) is 20.8 Å². The van der Waals surface area contributed by atoms with Gasteiger partial charge in [0.1, 0.15) is 17.4 Å². The quantitative estimate of drug-likeness (QED) is 0.372. The Morgan fingerprint density at radius 3 is 2.61 bits per heavy atom. The van der Waals surface area contributed by atoms with Crippen molar-refractivity contribution >= 4 is 34.1 Å². The lowest BCUT2D eigenvalue weighted by Crippen LogP contribution is -2.43. The summed E-state index contributed by atoms with van der Waals surface area (Å²) in [6, 6.07) is 19.3. The molecule has 0 spiro atoms. The van der Waals surface area contributed by atoms with E-state index in [2.05, 4.69) is 20.5 Å². The summed E-state index contributed by atoms with van der Waals surface area (Å²) in [4.78, 5) is 28.7. The van der Waals surface area contributed by atoms with Crippen LogP contribution in [-0.4, -0.2) is 59.3 Å². The van der Waals surface area contributed by atoms with Gasteiger partial charge in [-0.1, -0.05) is 24.3 Å². The highest BCUT2D eigenvalue weighted by Gasteiger charge is 2.16. The number of hydrogen-bond donors (Lipinski definition) is 2.